The summed E-state index contributed by atoms with van der Waals surface area (Å²) in [5, 5.41) is 0. The molecule has 0 aliphatic carbocycles. The SMILES string of the molecule is FC(F)F.[Cu+].[I-]. The average molecular weight is 260 g/mol. The Morgan fingerprint density at radius 3 is 1.00 bits per heavy atom. The Bertz CT molecular complexity index is 15.5. The molecule has 0 atom stereocenters. The average Bonchev–Trinajstić information content (AvgIpc) is 0.811. The maximum absolute atomic E-state index is 9.67. The molecule has 0 saturated carbocycles. The fourth-order valence-electron chi connectivity index (χ4n) is 0. The maximum atomic E-state index is 9.67. The quantitative estimate of drug-likeness (QED) is 0.355. The summed E-state index contributed by atoms with van der Waals surface area (Å²) in [5.74, 6) is 0. The van der Waals surface area contributed by atoms with E-state index in [1.165, 1.54) is 0 Å². The van der Waals surface area contributed by atoms with Crippen molar-refractivity contribution in [3.05, 3.63) is 0 Å². The van der Waals surface area contributed by atoms with Gasteiger partial charge in [0, 0.05) is 0 Å². The molecule has 0 aromatic carbocycles. The van der Waals surface area contributed by atoms with Gasteiger partial charge < -0.3 is 24.0 Å². The summed E-state index contributed by atoms with van der Waals surface area (Å²) in [6.45, 7) is -3.67. The van der Waals surface area contributed by atoms with Crippen LogP contribution in [0.4, 0.5) is 13.2 Å². The van der Waals surface area contributed by atoms with E-state index >= 15 is 0 Å². The van der Waals surface area contributed by atoms with E-state index in [0.29, 0.717) is 0 Å². The molecule has 0 unspecified atom stereocenters. The van der Waals surface area contributed by atoms with E-state index < -0.39 is 6.68 Å². The van der Waals surface area contributed by atoms with Gasteiger partial charge in [-0.25, -0.2) is 0 Å². The van der Waals surface area contributed by atoms with Crippen molar-refractivity contribution in [1.29, 1.82) is 0 Å². The van der Waals surface area contributed by atoms with E-state index in [1.54, 1.807) is 0 Å². The first-order chi connectivity index (χ1) is 1.73. The molecule has 0 radical (unpaired) electrons. The monoisotopic (exact) mass is 260 g/mol. The molecule has 0 spiro atoms. The summed E-state index contributed by atoms with van der Waals surface area (Å²) in [6, 6.07) is 0. The van der Waals surface area contributed by atoms with Crippen LogP contribution in [0.2, 0.25) is 0 Å². The van der Waals surface area contributed by atoms with E-state index in [4.69, 9.17) is 0 Å². The van der Waals surface area contributed by atoms with Gasteiger partial charge in [-0.15, -0.1) is 0 Å². The molecule has 5 heteroatoms. The number of rotatable bonds is 0. The zero-order valence-corrected chi connectivity index (χ0v) is 5.49. The van der Waals surface area contributed by atoms with Crippen LogP contribution in [0.15, 0.2) is 0 Å². The van der Waals surface area contributed by atoms with Crippen molar-refractivity contribution in [2.45, 2.75) is 6.68 Å². The van der Waals surface area contributed by atoms with Crippen molar-refractivity contribution < 1.29 is 54.2 Å². The van der Waals surface area contributed by atoms with Gasteiger partial charge in [-0.05, 0) is 0 Å². The van der Waals surface area contributed by atoms with Gasteiger partial charge >= 0.3 is 23.7 Å². The second kappa shape index (κ2) is 9.40. The number of hydrogen-bond donors (Lipinski definition) is 0. The Labute approximate surface area is 61.0 Å². The molecule has 0 aliphatic heterocycles. The van der Waals surface area contributed by atoms with Gasteiger partial charge in [0.25, 0.3) is 0 Å². The first-order valence-electron chi connectivity index (χ1n) is 0.655. The second-order valence-corrected chi connectivity index (χ2v) is 0.247. The van der Waals surface area contributed by atoms with E-state index in [9.17, 15) is 13.2 Å². The predicted molar refractivity (Wildman–Crippen MR) is 7.11 cm³/mol. The van der Waals surface area contributed by atoms with E-state index in [2.05, 4.69) is 0 Å². The smallest absolute Gasteiger partial charge is 1.00 e. The fraction of sp³-hybridized carbons (Fsp3) is 1.00. The molecule has 0 N–H and O–H groups in total. The zero-order valence-electron chi connectivity index (χ0n) is 2.39. The fourth-order valence-corrected chi connectivity index (χ4v) is 0. The van der Waals surface area contributed by atoms with Crippen LogP contribution < -0.4 is 24.0 Å². The summed E-state index contributed by atoms with van der Waals surface area (Å²) in [6.07, 6.45) is 0. The summed E-state index contributed by atoms with van der Waals surface area (Å²) in [5.41, 5.74) is 0. The van der Waals surface area contributed by atoms with Crippen molar-refractivity contribution in [2.24, 2.45) is 0 Å². The molecule has 6 heavy (non-hydrogen) atoms. The largest absolute Gasteiger partial charge is 1.00 e. The van der Waals surface area contributed by atoms with E-state index in [0.717, 1.165) is 0 Å². The van der Waals surface area contributed by atoms with Crippen molar-refractivity contribution in [1.82, 2.24) is 0 Å². The third-order valence-electron chi connectivity index (χ3n) is 0. The van der Waals surface area contributed by atoms with Crippen LogP contribution in [0.1, 0.15) is 0 Å². The van der Waals surface area contributed by atoms with Crippen LogP contribution in [0.25, 0.3) is 0 Å². The summed E-state index contributed by atoms with van der Waals surface area (Å²) in [7, 11) is 0. The minimum absolute atomic E-state index is 0. The second-order valence-electron chi connectivity index (χ2n) is 0.247. The third-order valence-corrected chi connectivity index (χ3v) is 0. The van der Waals surface area contributed by atoms with Crippen LogP contribution in [-0.4, -0.2) is 6.68 Å². The van der Waals surface area contributed by atoms with Crippen molar-refractivity contribution in [2.75, 3.05) is 0 Å². The Morgan fingerprint density at radius 2 is 1.00 bits per heavy atom. The van der Waals surface area contributed by atoms with Crippen molar-refractivity contribution in [3.8, 4) is 0 Å². The van der Waals surface area contributed by atoms with Crippen molar-refractivity contribution >= 4 is 0 Å². The Hall–Kier alpha value is 1.04. The van der Waals surface area contributed by atoms with Crippen LogP contribution in [-0.2, 0) is 17.1 Å². The first kappa shape index (κ1) is 15.7. The standard InChI is InChI=1S/CHF3.Cu.HI/c2-1(3)4;;/h1H;;1H/q;+1;/p-1. The topological polar surface area (TPSA) is 0 Å². The number of halogens is 4. The van der Waals surface area contributed by atoms with Crippen LogP contribution in [0.3, 0.4) is 0 Å². The molecule has 0 rings (SSSR count). The summed E-state index contributed by atoms with van der Waals surface area (Å²) in [4.78, 5) is 0. The molecule has 0 saturated heterocycles. The molecule has 0 heterocycles. The Morgan fingerprint density at radius 1 is 1.00 bits per heavy atom. The van der Waals surface area contributed by atoms with Gasteiger partial charge in [0.05, 0.1) is 0 Å². The molecule has 0 amide bonds. The van der Waals surface area contributed by atoms with E-state index in [-0.39, 0.29) is 41.0 Å². The number of hydrogen-bond acceptors (Lipinski definition) is 0. The molecule has 0 aliphatic rings. The predicted octanol–water partition coefficient (Wildman–Crippen LogP) is -1.82. The molecular weight excluding hydrogens is 259 g/mol. The van der Waals surface area contributed by atoms with Crippen LogP contribution >= 0.6 is 0 Å². The molecule has 0 nitrogen and oxygen atoms in total. The third kappa shape index (κ3) is 76.1. The molecule has 0 aromatic rings. The molecular formula is CHCuF3I. The molecule has 0 fully saturated rings. The van der Waals surface area contributed by atoms with Gasteiger partial charge in [0.2, 0.25) is 0 Å². The summed E-state index contributed by atoms with van der Waals surface area (Å²) < 4.78 is 29.0. The number of alkyl halides is 3. The molecule has 0 bridgehead atoms. The first-order valence-corrected chi connectivity index (χ1v) is 0.655. The van der Waals surface area contributed by atoms with Gasteiger partial charge in [-0.3, -0.25) is 0 Å². The minimum atomic E-state index is -3.67. The van der Waals surface area contributed by atoms with Gasteiger partial charge in [-0.1, -0.05) is 0 Å². The van der Waals surface area contributed by atoms with Crippen LogP contribution in [0, 0.1) is 0 Å². The molecule has 44 valence electrons. The van der Waals surface area contributed by atoms with Gasteiger partial charge in [0.1, 0.15) is 0 Å². The van der Waals surface area contributed by atoms with E-state index in [1.807, 2.05) is 0 Å². The summed E-state index contributed by atoms with van der Waals surface area (Å²) >= 11 is 0. The van der Waals surface area contributed by atoms with Crippen LogP contribution in [0.5, 0.6) is 0 Å². The van der Waals surface area contributed by atoms with Crippen molar-refractivity contribution in [3.63, 3.8) is 0 Å². The molecule has 0 aromatic heterocycles. The van der Waals surface area contributed by atoms with Gasteiger partial charge in [-0.2, -0.15) is 13.2 Å². The maximum Gasteiger partial charge on any atom is 1.00 e. The minimum Gasteiger partial charge on any atom is -1.00 e. The Kier molecular flexibility index (Phi) is 24.7. The Balaban J connectivity index is -0.0000000450. The zero-order chi connectivity index (χ0) is 3.58. The normalized spacial score (nSPS) is 6.00. The van der Waals surface area contributed by atoms with Gasteiger partial charge in [0.15, 0.2) is 0 Å².